The van der Waals surface area contributed by atoms with Gasteiger partial charge in [-0.1, -0.05) is 30.3 Å². The molecule has 0 saturated heterocycles. The van der Waals surface area contributed by atoms with Crippen molar-refractivity contribution in [1.29, 1.82) is 0 Å². The summed E-state index contributed by atoms with van der Waals surface area (Å²) in [6.45, 7) is 0.288. The highest BCUT2D eigenvalue weighted by molar-refractivity contribution is 5.96. The van der Waals surface area contributed by atoms with Crippen molar-refractivity contribution in [2.24, 2.45) is 0 Å². The van der Waals surface area contributed by atoms with Crippen LogP contribution >= 0.6 is 0 Å². The first kappa shape index (κ1) is 15.0. The Balaban J connectivity index is 1.74. The van der Waals surface area contributed by atoms with Gasteiger partial charge in [0.1, 0.15) is 5.69 Å². The lowest BCUT2D eigenvalue weighted by molar-refractivity contribution is -0.116. The maximum absolute atomic E-state index is 12.3. The van der Waals surface area contributed by atoms with E-state index in [0.29, 0.717) is 5.69 Å². The average molecular weight is 310 g/mol. The molecule has 0 fully saturated rings. The summed E-state index contributed by atoms with van der Waals surface area (Å²) in [6, 6.07) is 8.12. The quantitative estimate of drug-likeness (QED) is 0.742. The summed E-state index contributed by atoms with van der Waals surface area (Å²) < 4.78 is 0. The second-order valence-electron chi connectivity index (χ2n) is 5.31. The van der Waals surface area contributed by atoms with Crippen LogP contribution in [0.3, 0.4) is 0 Å². The SMILES string of the molecule is CNC(=O)C=CCNC(=O)c1[nH]nc2c1CCc1ccccc1-2. The largest absolute Gasteiger partial charge is 0.356 e. The minimum absolute atomic E-state index is 0.199. The zero-order chi connectivity index (χ0) is 16.2. The highest BCUT2D eigenvalue weighted by Crippen LogP contribution is 2.33. The van der Waals surface area contributed by atoms with E-state index < -0.39 is 0 Å². The number of nitrogens with zero attached hydrogens (tertiary/aromatic N) is 1. The molecule has 6 nitrogen and oxygen atoms in total. The third-order valence-corrected chi connectivity index (χ3v) is 3.91. The molecule has 3 rings (SSSR count). The molecule has 1 aliphatic rings. The van der Waals surface area contributed by atoms with Crippen LogP contribution in [0.25, 0.3) is 11.3 Å². The van der Waals surface area contributed by atoms with Gasteiger partial charge in [0.05, 0.1) is 5.69 Å². The third kappa shape index (κ3) is 3.01. The van der Waals surface area contributed by atoms with Crippen molar-refractivity contribution in [3.63, 3.8) is 0 Å². The number of hydrogen-bond donors (Lipinski definition) is 3. The Morgan fingerprint density at radius 3 is 2.96 bits per heavy atom. The molecular weight excluding hydrogens is 292 g/mol. The van der Waals surface area contributed by atoms with Gasteiger partial charge in [-0.2, -0.15) is 5.10 Å². The molecular formula is C17H18N4O2. The van der Waals surface area contributed by atoms with E-state index in [2.05, 4.69) is 26.9 Å². The van der Waals surface area contributed by atoms with Crippen molar-refractivity contribution >= 4 is 11.8 Å². The number of carbonyl (C=O) groups is 2. The standard InChI is InChI=1S/C17H18N4O2/c1-18-14(22)7-4-10-19-17(23)16-13-9-8-11-5-2-3-6-12(11)15(13)20-21-16/h2-7H,8-10H2,1H3,(H,18,22)(H,19,23)(H,20,21). The zero-order valence-electron chi connectivity index (χ0n) is 12.8. The van der Waals surface area contributed by atoms with Crippen molar-refractivity contribution in [3.05, 3.63) is 53.2 Å². The fourth-order valence-corrected chi connectivity index (χ4v) is 2.74. The molecule has 6 heteroatoms. The van der Waals surface area contributed by atoms with E-state index >= 15 is 0 Å². The molecule has 0 radical (unpaired) electrons. The van der Waals surface area contributed by atoms with E-state index in [-0.39, 0.29) is 18.4 Å². The van der Waals surface area contributed by atoms with E-state index in [1.807, 2.05) is 18.2 Å². The first-order valence-electron chi connectivity index (χ1n) is 7.52. The average Bonchev–Trinajstić information content (AvgIpc) is 3.02. The van der Waals surface area contributed by atoms with Gasteiger partial charge in [-0.15, -0.1) is 0 Å². The maximum Gasteiger partial charge on any atom is 0.269 e. The molecule has 1 aliphatic carbocycles. The molecule has 2 amide bonds. The van der Waals surface area contributed by atoms with Gasteiger partial charge < -0.3 is 10.6 Å². The van der Waals surface area contributed by atoms with E-state index in [0.717, 1.165) is 29.7 Å². The van der Waals surface area contributed by atoms with Crippen LogP contribution in [-0.4, -0.2) is 35.6 Å². The normalized spacial score (nSPS) is 12.6. The lowest BCUT2D eigenvalue weighted by atomic mass is 9.89. The molecule has 2 aromatic rings. The molecule has 118 valence electrons. The number of likely N-dealkylation sites (N-methyl/N-ethyl adjacent to an activating group) is 1. The molecule has 1 aromatic heterocycles. The van der Waals surface area contributed by atoms with Crippen molar-refractivity contribution < 1.29 is 9.59 Å². The van der Waals surface area contributed by atoms with Crippen LogP contribution in [0.2, 0.25) is 0 Å². The molecule has 0 bridgehead atoms. The van der Waals surface area contributed by atoms with E-state index in [1.165, 1.54) is 11.6 Å². The number of aryl methyl sites for hydroxylation is 1. The van der Waals surface area contributed by atoms with Gasteiger partial charge >= 0.3 is 0 Å². The number of hydrogen-bond acceptors (Lipinski definition) is 3. The summed E-state index contributed by atoms with van der Waals surface area (Å²) >= 11 is 0. The Morgan fingerprint density at radius 2 is 2.13 bits per heavy atom. The molecule has 1 aromatic carbocycles. The van der Waals surface area contributed by atoms with E-state index in [4.69, 9.17) is 0 Å². The Kier molecular flexibility index (Phi) is 4.23. The number of nitrogens with one attached hydrogen (secondary N) is 3. The molecule has 0 atom stereocenters. The highest BCUT2D eigenvalue weighted by atomic mass is 16.2. The number of aromatic nitrogens is 2. The smallest absolute Gasteiger partial charge is 0.269 e. The molecule has 3 N–H and O–H groups in total. The van der Waals surface area contributed by atoms with Gasteiger partial charge in [0, 0.05) is 30.8 Å². The molecule has 0 unspecified atom stereocenters. The van der Waals surface area contributed by atoms with Gasteiger partial charge in [0.25, 0.3) is 5.91 Å². The van der Waals surface area contributed by atoms with Crippen molar-refractivity contribution in [2.45, 2.75) is 12.8 Å². The Labute approximate surface area is 134 Å². The van der Waals surface area contributed by atoms with E-state index in [9.17, 15) is 9.59 Å². The van der Waals surface area contributed by atoms with Crippen molar-refractivity contribution in [2.75, 3.05) is 13.6 Å². The zero-order valence-corrected chi connectivity index (χ0v) is 12.8. The number of H-pyrrole nitrogens is 1. The predicted molar refractivity (Wildman–Crippen MR) is 87.0 cm³/mol. The first-order valence-corrected chi connectivity index (χ1v) is 7.52. The molecule has 0 aliphatic heterocycles. The number of rotatable bonds is 4. The van der Waals surface area contributed by atoms with Crippen molar-refractivity contribution in [1.82, 2.24) is 20.8 Å². The number of fused-ring (bicyclic) bond motifs is 3. The van der Waals surface area contributed by atoms with Crippen LogP contribution in [0.1, 0.15) is 21.6 Å². The first-order chi connectivity index (χ1) is 11.2. The summed E-state index contributed by atoms with van der Waals surface area (Å²) in [5.74, 6) is -0.408. The van der Waals surface area contributed by atoms with Gasteiger partial charge in [0.2, 0.25) is 5.91 Å². The molecule has 1 heterocycles. The van der Waals surface area contributed by atoms with Crippen LogP contribution in [-0.2, 0) is 17.6 Å². The monoisotopic (exact) mass is 310 g/mol. The molecule has 0 saturated carbocycles. The predicted octanol–water partition coefficient (Wildman–Crippen LogP) is 1.21. The Bertz CT molecular complexity index is 777. The van der Waals surface area contributed by atoms with Crippen LogP contribution in [0.15, 0.2) is 36.4 Å². The number of carbonyl (C=O) groups excluding carboxylic acids is 2. The topological polar surface area (TPSA) is 86.9 Å². The van der Waals surface area contributed by atoms with Crippen LogP contribution in [0.5, 0.6) is 0 Å². The lowest BCUT2D eigenvalue weighted by Crippen LogP contribution is -2.25. The summed E-state index contributed by atoms with van der Waals surface area (Å²) in [5, 5.41) is 12.4. The molecule has 0 spiro atoms. The second kappa shape index (κ2) is 6.48. The summed E-state index contributed by atoms with van der Waals surface area (Å²) in [7, 11) is 1.56. The van der Waals surface area contributed by atoms with Gasteiger partial charge in [-0.05, 0) is 18.4 Å². The van der Waals surface area contributed by atoms with Crippen LogP contribution in [0.4, 0.5) is 0 Å². The number of amides is 2. The van der Waals surface area contributed by atoms with Gasteiger partial charge in [0.15, 0.2) is 0 Å². The van der Waals surface area contributed by atoms with Gasteiger partial charge in [-0.25, -0.2) is 0 Å². The fraction of sp³-hybridized carbons (Fsp3) is 0.235. The summed E-state index contributed by atoms with van der Waals surface area (Å²) in [4.78, 5) is 23.4. The van der Waals surface area contributed by atoms with Crippen LogP contribution < -0.4 is 10.6 Å². The Morgan fingerprint density at radius 1 is 1.30 bits per heavy atom. The number of benzene rings is 1. The van der Waals surface area contributed by atoms with Crippen molar-refractivity contribution in [3.8, 4) is 11.3 Å². The lowest BCUT2D eigenvalue weighted by Gasteiger charge is -2.15. The second-order valence-corrected chi connectivity index (χ2v) is 5.31. The number of aromatic amines is 1. The van der Waals surface area contributed by atoms with Crippen LogP contribution in [0, 0.1) is 0 Å². The third-order valence-electron chi connectivity index (χ3n) is 3.91. The Hall–Kier alpha value is -2.89. The molecule has 23 heavy (non-hydrogen) atoms. The summed E-state index contributed by atoms with van der Waals surface area (Å²) in [5.41, 5.74) is 4.66. The maximum atomic E-state index is 12.3. The minimum atomic E-state index is -0.209. The van der Waals surface area contributed by atoms with E-state index in [1.54, 1.807) is 13.1 Å². The minimum Gasteiger partial charge on any atom is -0.356 e. The summed E-state index contributed by atoms with van der Waals surface area (Å²) in [6.07, 6.45) is 4.69. The fourth-order valence-electron chi connectivity index (χ4n) is 2.74. The van der Waals surface area contributed by atoms with Gasteiger partial charge in [-0.3, -0.25) is 14.7 Å². The highest BCUT2D eigenvalue weighted by Gasteiger charge is 2.24.